The van der Waals surface area contributed by atoms with Gasteiger partial charge >= 0.3 is 0 Å². The second kappa shape index (κ2) is 4.65. The van der Waals surface area contributed by atoms with Crippen LogP contribution in [0.15, 0.2) is 24.3 Å². The Hall–Kier alpha value is -1.37. The van der Waals surface area contributed by atoms with Gasteiger partial charge < -0.3 is 9.84 Å². The van der Waals surface area contributed by atoms with Crippen LogP contribution in [0.4, 0.5) is 0 Å². The Morgan fingerprint density at radius 1 is 1.38 bits per heavy atom. The molecule has 3 heteroatoms. The van der Waals surface area contributed by atoms with Gasteiger partial charge in [0.1, 0.15) is 0 Å². The average molecular weight is 217 g/mol. The molecule has 1 unspecified atom stereocenters. The van der Waals surface area contributed by atoms with Crippen molar-refractivity contribution in [3.8, 4) is 6.07 Å². The third-order valence-electron chi connectivity index (χ3n) is 3.17. The van der Waals surface area contributed by atoms with Crippen LogP contribution >= 0.6 is 0 Å². The second-order valence-electron chi connectivity index (χ2n) is 4.07. The zero-order valence-corrected chi connectivity index (χ0v) is 9.15. The minimum atomic E-state index is -0.443. The maximum absolute atomic E-state index is 9.15. The van der Waals surface area contributed by atoms with Crippen molar-refractivity contribution in [1.29, 1.82) is 5.26 Å². The number of aliphatic hydroxyl groups excluding tert-OH is 1. The molecule has 2 rings (SSSR count). The molecule has 0 saturated carbocycles. The first-order valence-corrected chi connectivity index (χ1v) is 5.52. The van der Waals surface area contributed by atoms with Gasteiger partial charge in [0.25, 0.3) is 0 Å². The molecule has 1 atom stereocenters. The van der Waals surface area contributed by atoms with Gasteiger partial charge in [-0.15, -0.1) is 0 Å². The molecule has 16 heavy (non-hydrogen) atoms. The van der Waals surface area contributed by atoms with Crippen LogP contribution < -0.4 is 0 Å². The quantitative estimate of drug-likeness (QED) is 0.840. The fourth-order valence-electron chi connectivity index (χ4n) is 2.36. The summed E-state index contributed by atoms with van der Waals surface area (Å²) in [5, 5.41) is 17.8. The van der Waals surface area contributed by atoms with Gasteiger partial charge in [-0.2, -0.15) is 5.26 Å². The fraction of sp³-hybridized carbons (Fsp3) is 0.462. The molecule has 3 nitrogen and oxygen atoms in total. The van der Waals surface area contributed by atoms with Gasteiger partial charge in [-0.3, -0.25) is 0 Å². The standard InChI is InChI=1S/C13H15NO2/c14-8-3-6-13(7-9-15)12-5-2-1-4-11(12)10-16-13/h1-2,4-5,15H,3,6-7,9-10H2. The number of nitrogens with zero attached hydrogens (tertiary/aromatic N) is 1. The number of benzene rings is 1. The Labute approximate surface area is 95.3 Å². The van der Waals surface area contributed by atoms with Crippen LogP contribution in [0.25, 0.3) is 0 Å². The smallest absolute Gasteiger partial charge is 0.0971 e. The molecule has 1 aliphatic rings. The first-order valence-electron chi connectivity index (χ1n) is 5.52. The summed E-state index contributed by atoms with van der Waals surface area (Å²) in [6, 6.07) is 10.2. The largest absolute Gasteiger partial charge is 0.396 e. The molecule has 84 valence electrons. The molecular formula is C13H15NO2. The van der Waals surface area contributed by atoms with Crippen LogP contribution in [0.1, 0.15) is 30.4 Å². The van der Waals surface area contributed by atoms with Crippen LogP contribution in [0.5, 0.6) is 0 Å². The van der Waals surface area contributed by atoms with Gasteiger partial charge in [0.05, 0.1) is 18.3 Å². The Bertz CT molecular complexity index is 407. The number of aliphatic hydroxyl groups is 1. The number of hydrogen-bond acceptors (Lipinski definition) is 3. The van der Waals surface area contributed by atoms with Crippen molar-refractivity contribution in [1.82, 2.24) is 0 Å². The predicted molar refractivity (Wildman–Crippen MR) is 59.5 cm³/mol. The van der Waals surface area contributed by atoms with E-state index in [1.54, 1.807) is 0 Å². The predicted octanol–water partition coefficient (Wildman–Crippen LogP) is 2.10. The Kier molecular flexibility index (Phi) is 3.23. The topological polar surface area (TPSA) is 53.2 Å². The molecule has 1 aromatic rings. The Morgan fingerprint density at radius 2 is 2.19 bits per heavy atom. The highest BCUT2D eigenvalue weighted by Gasteiger charge is 2.38. The summed E-state index contributed by atoms with van der Waals surface area (Å²) in [5.74, 6) is 0. The van der Waals surface area contributed by atoms with E-state index in [1.165, 1.54) is 5.56 Å². The number of hydrogen-bond donors (Lipinski definition) is 1. The lowest BCUT2D eigenvalue weighted by Gasteiger charge is -2.28. The molecule has 0 saturated heterocycles. The summed E-state index contributed by atoms with van der Waals surface area (Å²) in [7, 11) is 0. The van der Waals surface area contributed by atoms with E-state index in [4.69, 9.17) is 15.1 Å². The Balaban J connectivity index is 2.31. The SMILES string of the molecule is N#CCCC1(CCO)OCc2ccccc21. The monoisotopic (exact) mass is 217 g/mol. The lowest BCUT2D eigenvalue weighted by atomic mass is 9.86. The van der Waals surface area contributed by atoms with E-state index in [0.717, 1.165) is 5.56 Å². The summed E-state index contributed by atoms with van der Waals surface area (Å²) >= 11 is 0. The highest BCUT2D eigenvalue weighted by atomic mass is 16.5. The lowest BCUT2D eigenvalue weighted by Crippen LogP contribution is -2.26. The first-order chi connectivity index (χ1) is 7.82. The second-order valence-corrected chi connectivity index (χ2v) is 4.07. The van der Waals surface area contributed by atoms with Gasteiger partial charge in [0.2, 0.25) is 0 Å². The van der Waals surface area contributed by atoms with Crippen molar-refractivity contribution in [2.75, 3.05) is 6.61 Å². The highest BCUT2D eigenvalue weighted by Crippen LogP contribution is 2.42. The molecule has 1 aliphatic heterocycles. The molecule has 0 spiro atoms. The number of fused-ring (bicyclic) bond motifs is 1. The number of nitriles is 1. The average Bonchev–Trinajstić information content (AvgIpc) is 2.68. The Morgan fingerprint density at radius 3 is 2.94 bits per heavy atom. The summed E-state index contributed by atoms with van der Waals surface area (Å²) in [4.78, 5) is 0. The van der Waals surface area contributed by atoms with Gasteiger partial charge in [0, 0.05) is 19.4 Å². The van der Waals surface area contributed by atoms with E-state index in [9.17, 15) is 0 Å². The van der Waals surface area contributed by atoms with E-state index >= 15 is 0 Å². The maximum Gasteiger partial charge on any atom is 0.0971 e. The van der Waals surface area contributed by atoms with E-state index < -0.39 is 5.60 Å². The van der Waals surface area contributed by atoms with Crippen LogP contribution in [-0.2, 0) is 16.9 Å². The molecular weight excluding hydrogens is 202 g/mol. The van der Waals surface area contributed by atoms with Crippen LogP contribution in [0, 0.1) is 11.3 Å². The van der Waals surface area contributed by atoms with Crippen molar-refractivity contribution in [3.05, 3.63) is 35.4 Å². The zero-order chi connectivity index (χ0) is 11.4. The van der Waals surface area contributed by atoms with E-state index in [2.05, 4.69) is 6.07 Å². The van der Waals surface area contributed by atoms with E-state index in [-0.39, 0.29) is 6.61 Å². The molecule has 1 aromatic carbocycles. The van der Waals surface area contributed by atoms with E-state index in [1.807, 2.05) is 24.3 Å². The number of rotatable bonds is 4. The number of ether oxygens (including phenoxy) is 1. The van der Waals surface area contributed by atoms with Crippen molar-refractivity contribution >= 4 is 0 Å². The molecule has 0 bridgehead atoms. The van der Waals surface area contributed by atoms with Crippen LogP contribution in [0.2, 0.25) is 0 Å². The van der Waals surface area contributed by atoms with Crippen molar-refractivity contribution in [2.24, 2.45) is 0 Å². The van der Waals surface area contributed by atoms with Crippen LogP contribution in [0.3, 0.4) is 0 Å². The summed E-state index contributed by atoms with van der Waals surface area (Å²) in [5.41, 5.74) is 1.87. The third kappa shape index (κ3) is 1.82. The molecule has 1 N–H and O–H groups in total. The normalized spacial score (nSPS) is 22.8. The van der Waals surface area contributed by atoms with Gasteiger partial charge in [-0.05, 0) is 17.5 Å². The van der Waals surface area contributed by atoms with E-state index in [0.29, 0.717) is 25.9 Å². The van der Waals surface area contributed by atoms with Crippen LogP contribution in [-0.4, -0.2) is 11.7 Å². The zero-order valence-electron chi connectivity index (χ0n) is 9.15. The van der Waals surface area contributed by atoms with Gasteiger partial charge in [-0.25, -0.2) is 0 Å². The highest BCUT2D eigenvalue weighted by molar-refractivity contribution is 5.35. The third-order valence-corrected chi connectivity index (χ3v) is 3.17. The summed E-state index contributed by atoms with van der Waals surface area (Å²) in [6.45, 7) is 0.668. The molecule has 1 heterocycles. The summed E-state index contributed by atoms with van der Waals surface area (Å²) in [6.07, 6.45) is 1.67. The minimum absolute atomic E-state index is 0.0831. The minimum Gasteiger partial charge on any atom is -0.396 e. The maximum atomic E-state index is 9.15. The van der Waals surface area contributed by atoms with Crippen molar-refractivity contribution < 1.29 is 9.84 Å². The fourth-order valence-corrected chi connectivity index (χ4v) is 2.36. The first kappa shape index (κ1) is 11.1. The lowest BCUT2D eigenvalue weighted by molar-refractivity contribution is -0.0585. The molecule has 0 aromatic heterocycles. The van der Waals surface area contributed by atoms with Gasteiger partial charge in [-0.1, -0.05) is 24.3 Å². The van der Waals surface area contributed by atoms with Gasteiger partial charge in [0.15, 0.2) is 0 Å². The molecule has 0 aliphatic carbocycles. The molecule has 0 fully saturated rings. The van der Waals surface area contributed by atoms with Crippen molar-refractivity contribution in [3.63, 3.8) is 0 Å². The molecule has 0 radical (unpaired) electrons. The summed E-state index contributed by atoms with van der Waals surface area (Å²) < 4.78 is 5.84. The molecule has 0 amide bonds. The van der Waals surface area contributed by atoms with Crippen molar-refractivity contribution in [2.45, 2.75) is 31.5 Å².